The number of rotatable bonds is 6. The van der Waals surface area contributed by atoms with Crippen molar-refractivity contribution in [2.24, 2.45) is 23.7 Å². The zero-order chi connectivity index (χ0) is 23.4. The van der Waals surface area contributed by atoms with Gasteiger partial charge in [0, 0.05) is 43.1 Å². The van der Waals surface area contributed by atoms with E-state index in [9.17, 15) is 9.50 Å². The predicted octanol–water partition coefficient (Wildman–Crippen LogP) is 4.17. The van der Waals surface area contributed by atoms with Gasteiger partial charge in [-0.25, -0.2) is 14.8 Å². The molecule has 4 saturated heterocycles. The minimum Gasteiger partial charge on any atom is -0.385 e. The number of nitrogens with zero attached hydrogens (tertiary/aromatic N) is 1. The lowest BCUT2D eigenvalue weighted by Gasteiger charge is -2.62. The number of aromatic nitrogens is 1. The maximum atomic E-state index is 13.0. The fraction of sp³-hybridized carbons (Fsp3) is 0.720. The third kappa shape index (κ3) is 3.90. The Bertz CT molecular complexity index is 899. The molecule has 2 N–H and O–H groups in total. The summed E-state index contributed by atoms with van der Waals surface area (Å²) in [5.74, 6) is -2.09. The quantitative estimate of drug-likeness (QED) is 0.485. The van der Waals surface area contributed by atoms with E-state index >= 15 is 0 Å². The molecule has 1 aromatic rings. The van der Waals surface area contributed by atoms with Crippen molar-refractivity contribution in [3.8, 4) is 0 Å². The molecule has 7 nitrogen and oxygen atoms in total. The molecule has 2 bridgehead atoms. The molecule has 1 aliphatic carbocycles. The number of pyridine rings is 1. The Hall–Kier alpha value is -1.58. The molecule has 4 aliphatic heterocycles. The average Bonchev–Trinajstić information content (AvgIpc) is 3.02. The van der Waals surface area contributed by atoms with Crippen molar-refractivity contribution in [3.63, 3.8) is 0 Å². The smallest absolute Gasteiger partial charge is 0.212 e. The fourth-order valence-electron chi connectivity index (χ4n) is 6.44. The Morgan fingerprint density at radius 1 is 1.21 bits per heavy atom. The Morgan fingerprint density at radius 2 is 2.03 bits per heavy atom. The molecule has 182 valence electrons. The highest BCUT2D eigenvalue weighted by molar-refractivity contribution is 5.13. The second kappa shape index (κ2) is 8.27. The van der Waals surface area contributed by atoms with Crippen LogP contribution in [0.15, 0.2) is 30.6 Å². The van der Waals surface area contributed by atoms with Gasteiger partial charge in [0.2, 0.25) is 11.7 Å². The highest BCUT2D eigenvalue weighted by atomic mass is 19.1. The number of ether oxygens (including phenoxy) is 2. The van der Waals surface area contributed by atoms with Crippen LogP contribution in [0.2, 0.25) is 0 Å². The topological polar surface area (TPSA) is 82.1 Å². The molecule has 5 fully saturated rings. The number of hydrogen-bond donors (Lipinski definition) is 2. The van der Waals surface area contributed by atoms with Crippen LogP contribution in [-0.4, -0.2) is 33.6 Å². The summed E-state index contributed by atoms with van der Waals surface area (Å²) in [5, 5.41) is 14.9. The van der Waals surface area contributed by atoms with Gasteiger partial charge in [0.15, 0.2) is 17.7 Å². The van der Waals surface area contributed by atoms with E-state index < -0.39 is 29.4 Å². The highest BCUT2D eigenvalue weighted by Gasteiger charge is 2.71. The van der Waals surface area contributed by atoms with Crippen molar-refractivity contribution >= 4 is 0 Å². The largest absolute Gasteiger partial charge is 0.385 e. The van der Waals surface area contributed by atoms with Crippen molar-refractivity contribution in [2.45, 2.75) is 89.3 Å². The summed E-state index contributed by atoms with van der Waals surface area (Å²) < 4.78 is 25.7. The molecule has 0 radical (unpaired) electrons. The molecular weight excluding hydrogens is 427 g/mol. The van der Waals surface area contributed by atoms with Crippen LogP contribution in [-0.2, 0) is 25.8 Å². The van der Waals surface area contributed by atoms with E-state index in [1.165, 1.54) is 12.3 Å². The molecule has 0 aromatic carbocycles. The van der Waals surface area contributed by atoms with E-state index in [1.807, 2.05) is 13.8 Å². The van der Waals surface area contributed by atoms with Crippen LogP contribution >= 0.6 is 0 Å². The monoisotopic (exact) mass is 462 g/mol. The molecule has 0 unspecified atom stereocenters. The Labute approximate surface area is 194 Å². The minimum absolute atomic E-state index is 0.0663. The third-order valence-corrected chi connectivity index (χ3v) is 8.52. The Kier molecular flexibility index (Phi) is 5.81. The SMILES string of the molecule is C=C(CC[C@@]1(O)O[C@@H]2O[C@]3(C)CC[C@H]4[C@H](C)CC[C@@H]([C@H]1C)[C@@]24OO3)NCc1ccc(F)nc1. The van der Waals surface area contributed by atoms with Crippen molar-refractivity contribution in [2.75, 3.05) is 0 Å². The van der Waals surface area contributed by atoms with Gasteiger partial charge in [-0.05, 0) is 56.1 Å². The van der Waals surface area contributed by atoms with Crippen LogP contribution in [0.25, 0.3) is 0 Å². The Morgan fingerprint density at radius 3 is 2.79 bits per heavy atom. The van der Waals surface area contributed by atoms with Crippen molar-refractivity contribution in [1.82, 2.24) is 10.3 Å². The van der Waals surface area contributed by atoms with Gasteiger partial charge in [-0.15, -0.1) is 0 Å². The van der Waals surface area contributed by atoms with Gasteiger partial charge in [-0.2, -0.15) is 4.39 Å². The number of allylic oxidation sites excluding steroid dienone is 1. The fourth-order valence-corrected chi connectivity index (χ4v) is 6.44. The molecule has 1 spiro atoms. The van der Waals surface area contributed by atoms with E-state index in [1.54, 1.807) is 6.07 Å². The molecule has 1 saturated carbocycles. The molecule has 5 aliphatic rings. The second-order valence-electron chi connectivity index (χ2n) is 10.6. The molecular formula is C25H35FN2O5. The van der Waals surface area contributed by atoms with Gasteiger partial charge in [-0.1, -0.05) is 26.5 Å². The van der Waals surface area contributed by atoms with E-state index in [4.69, 9.17) is 19.2 Å². The van der Waals surface area contributed by atoms with E-state index in [-0.39, 0.29) is 17.8 Å². The zero-order valence-corrected chi connectivity index (χ0v) is 19.7. The van der Waals surface area contributed by atoms with Crippen LogP contribution < -0.4 is 5.32 Å². The van der Waals surface area contributed by atoms with Gasteiger partial charge >= 0.3 is 0 Å². The third-order valence-electron chi connectivity index (χ3n) is 8.52. The lowest BCUT2D eigenvalue weighted by molar-refractivity contribution is -0.585. The van der Waals surface area contributed by atoms with Gasteiger partial charge in [0.25, 0.3) is 0 Å². The maximum absolute atomic E-state index is 13.0. The molecule has 1 aromatic heterocycles. The summed E-state index contributed by atoms with van der Waals surface area (Å²) in [7, 11) is 0. The maximum Gasteiger partial charge on any atom is 0.212 e. The summed E-state index contributed by atoms with van der Waals surface area (Å²) in [6, 6.07) is 3.02. The summed E-state index contributed by atoms with van der Waals surface area (Å²) in [6.07, 6.45) is 5.44. The van der Waals surface area contributed by atoms with E-state index in [0.717, 1.165) is 36.9 Å². The molecule has 33 heavy (non-hydrogen) atoms. The lowest BCUT2D eigenvalue weighted by atomic mass is 9.56. The van der Waals surface area contributed by atoms with Gasteiger partial charge < -0.3 is 19.9 Å². The van der Waals surface area contributed by atoms with Crippen LogP contribution in [0.3, 0.4) is 0 Å². The van der Waals surface area contributed by atoms with Gasteiger partial charge in [0.1, 0.15) is 0 Å². The summed E-state index contributed by atoms with van der Waals surface area (Å²) in [5.41, 5.74) is 0.939. The molecule has 5 heterocycles. The standard InChI is InChI=1S/C25H35FN2O5/c1-15-5-7-20-17(3)24(29,12-9-16(2)27-13-18-6-8-21(26)28-14-18)31-22-25(20)19(15)10-11-23(4,30-22)32-33-25/h6,8,14-15,17,19-20,22,27,29H,2,5,7,9-13H2,1,3-4H3/t15-,17-,19+,20+,22+,23+,24-,25-/m1/s1. The Balaban J connectivity index is 1.29. The first kappa shape index (κ1) is 23.2. The number of halogens is 1. The molecule has 8 heteroatoms. The summed E-state index contributed by atoms with van der Waals surface area (Å²) in [4.78, 5) is 15.7. The summed E-state index contributed by atoms with van der Waals surface area (Å²) in [6.45, 7) is 10.8. The first-order valence-electron chi connectivity index (χ1n) is 12.1. The van der Waals surface area contributed by atoms with Crippen LogP contribution in [0.4, 0.5) is 4.39 Å². The van der Waals surface area contributed by atoms with Gasteiger partial charge in [-0.3, -0.25) is 0 Å². The molecule has 8 atom stereocenters. The second-order valence-corrected chi connectivity index (χ2v) is 10.6. The van der Waals surface area contributed by atoms with Gasteiger partial charge in [0.05, 0.1) is 0 Å². The van der Waals surface area contributed by atoms with E-state index in [2.05, 4.69) is 23.8 Å². The first-order chi connectivity index (χ1) is 15.7. The number of aliphatic hydroxyl groups is 1. The molecule has 0 amide bonds. The number of nitrogens with one attached hydrogen (secondary N) is 1. The highest BCUT2D eigenvalue weighted by Crippen LogP contribution is 2.62. The normalized spacial score (nSPS) is 44.1. The predicted molar refractivity (Wildman–Crippen MR) is 117 cm³/mol. The lowest BCUT2D eigenvalue weighted by Crippen LogP contribution is -2.73. The van der Waals surface area contributed by atoms with Crippen molar-refractivity contribution in [3.05, 3.63) is 42.1 Å². The minimum atomic E-state index is -1.36. The van der Waals surface area contributed by atoms with Crippen LogP contribution in [0.1, 0.15) is 64.9 Å². The molecule has 6 rings (SSSR count). The average molecular weight is 463 g/mol. The number of hydrogen-bond acceptors (Lipinski definition) is 7. The summed E-state index contributed by atoms with van der Waals surface area (Å²) >= 11 is 0. The van der Waals surface area contributed by atoms with Crippen LogP contribution in [0, 0.1) is 29.6 Å². The van der Waals surface area contributed by atoms with Crippen molar-refractivity contribution < 1.29 is 28.7 Å². The van der Waals surface area contributed by atoms with E-state index in [0.29, 0.717) is 25.3 Å². The number of fused-ring (bicyclic) bond motifs is 2. The first-order valence-corrected chi connectivity index (χ1v) is 12.1. The van der Waals surface area contributed by atoms with Crippen molar-refractivity contribution in [1.29, 1.82) is 0 Å². The van der Waals surface area contributed by atoms with Crippen LogP contribution in [0.5, 0.6) is 0 Å². The zero-order valence-electron chi connectivity index (χ0n) is 19.7.